The van der Waals surface area contributed by atoms with Crippen LogP contribution in [0.5, 0.6) is 5.75 Å². The maximum Gasteiger partial charge on any atom is 0.262 e. The number of aryl methyl sites for hydroxylation is 1. The van der Waals surface area contributed by atoms with Gasteiger partial charge in [-0.3, -0.25) is 4.72 Å². The van der Waals surface area contributed by atoms with Crippen molar-refractivity contribution in [1.82, 2.24) is 0 Å². The molecule has 0 amide bonds. The van der Waals surface area contributed by atoms with Crippen LogP contribution in [0.3, 0.4) is 0 Å². The Kier molecular flexibility index (Phi) is 4.50. The van der Waals surface area contributed by atoms with Crippen LogP contribution in [0.15, 0.2) is 47.4 Å². The predicted octanol–water partition coefficient (Wildman–Crippen LogP) is 2.30. The van der Waals surface area contributed by atoms with Crippen molar-refractivity contribution >= 4 is 15.7 Å². The zero-order valence-corrected chi connectivity index (χ0v) is 12.6. The third-order valence-corrected chi connectivity index (χ3v) is 4.52. The molecule has 0 aromatic heterocycles. The van der Waals surface area contributed by atoms with E-state index in [1.165, 1.54) is 19.2 Å². The van der Waals surface area contributed by atoms with Gasteiger partial charge in [-0.15, -0.1) is 0 Å². The van der Waals surface area contributed by atoms with Gasteiger partial charge < -0.3 is 9.84 Å². The number of anilines is 1. The van der Waals surface area contributed by atoms with Crippen molar-refractivity contribution in [1.29, 1.82) is 0 Å². The Morgan fingerprint density at radius 1 is 1.19 bits per heavy atom. The lowest BCUT2D eigenvalue weighted by molar-refractivity contribution is 0.281. The number of hydrogen-bond acceptors (Lipinski definition) is 4. The minimum absolute atomic E-state index is 0.100. The number of aliphatic hydroxyl groups is 1. The van der Waals surface area contributed by atoms with Crippen molar-refractivity contribution in [2.75, 3.05) is 11.8 Å². The first-order valence-corrected chi connectivity index (χ1v) is 7.82. The van der Waals surface area contributed by atoms with E-state index in [-0.39, 0.29) is 11.5 Å². The smallest absolute Gasteiger partial charge is 0.262 e. The summed E-state index contributed by atoms with van der Waals surface area (Å²) in [6.45, 7) is 1.61. The summed E-state index contributed by atoms with van der Waals surface area (Å²) < 4.78 is 32.4. The van der Waals surface area contributed by atoms with Gasteiger partial charge >= 0.3 is 0 Å². The number of para-hydroxylation sites is 2. The molecule has 2 aromatic carbocycles. The molecule has 2 N–H and O–H groups in total. The van der Waals surface area contributed by atoms with Crippen molar-refractivity contribution in [3.8, 4) is 5.75 Å². The van der Waals surface area contributed by atoms with E-state index >= 15 is 0 Å². The molecule has 0 atom stereocenters. The van der Waals surface area contributed by atoms with Crippen LogP contribution in [0.4, 0.5) is 5.69 Å². The van der Waals surface area contributed by atoms with E-state index < -0.39 is 10.0 Å². The predicted molar refractivity (Wildman–Crippen MR) is 80.9 cm³/mol. The molecule has 2 aromatic rings. The topological polar surface area (TPSA) is 75.6 Å². The summed E-state index contributed by atoms with van der Waals surface area (Å²) in [5.41, 5.74) is 1.79. The average molecular weight is 307 g/mol. The molecule has 0 radical (unpaired) electrons. The molecular weight excluding hydrogens is 290 g/mol. The van der Waals surface area contributed by atoms with Crippen LogP contribution in [0.2, 0.25) is 0 Å². The van der Waals surface area contributed by atoms with Crippen LogP contribution >= 0.6 is 0 Å². The summed E-state index contributed by atoms with van der Waals surface area (Å²) in [6.07, 6.45) is 0. The number of aliphatic hydroxyl groups excluding tert-OH is 1. The minimum atomic E-state index is -3.74. The van der Waals surface area contributed by atoms with Gasteiger partial charge in [0, 0.05) is 0 Å². The molecule has 0 bridgehead atoms. The molecule has 0 aliphatic carbocycles. The molecule has 0 aliphatic heterocycles. The SMILES string of the molecule is COc1ccccc1NS(=O)(=O)c1ccc(C)c(CO)c1. The van der Waals surface area contributed by atoms with Crippen LogP contribution in [0, 0.1) is 6.92 Å². The number of ether oxygens (including phenoxy) is 1. The van der Waals surface area contributed by atoms with Crippen molar-refractivity contribution < 1.29 is 18.3 Å². The molecule has 0 spiro atoms. The Hall–Kier alpha value is -2.05. The highest BCUT2D eigenvalue weighted by molar-refractivity contribution is 7.92. The monoisotopic (exact) mass is 307 g/mol. The molecule has 0 saturated heterocycles. The maximum absolute atomic E-state index is 12.4. The first-order valence-electron chi connectivity index (χ1n) is 6.34. The quantitative estimate of drug-likeness (QED) is 0.888. The lowest BCUT2D eigenvalue weighted by atomic mass is 10.1. The minimum Gasteiger partial charge on any atom is -0.495 e. The van der Waals surface area contributed by atoms with Crippen molar-refractivity contribution in [2.45, 2.75) is 18.4 Å². The Balaban J connectivity index is 2.38. The molecule has 21 heavy (non-hydrogen) atoms. The largest absolute Gasteiger partial charge is 0.495 e. The van der Waals surface area contributed by atoms with Gasteiger partial charge in [0.05, 0.1) is 24.3 Å². The molecule has 6 heteroatoms. The standard InChI is InChI=1S/C15H17NO4S/c1-11-7-8-13(9-12(11)10-17)21(18,19)16-14-5-3-4-6-15(14)20-2/h3-9,16-17H,10H2,1-2H3. The van der Waals surface area contributed by atoms with Gasteiger partial charge in [-0.2, -0.15) is 0 Å². The van der Waals surface area contributed by atoms with Crippen LogP contribution in [-0.4, -0.2) is 20.6 Å². The van der Waals surface area contributed by atoms with Gasteiger partial charge in [0.1, 0.15) is 5.75 Å². The molecule has 2 rings (SSSR count). The van der Waals surface area contributed by atoms with E-state index in [0.717, 1.165) is 5.56 Å². The first kappa shape index (κ1) is 15.3. The van der Waals surface area contributed by atoms with Crippen molar-refractivity contribution in [3.05, 3.63) is 53.6 Å². The zero-order chi connectivity index (χ0) is 15.5. The molecule has 0 fully saturated rings. The normalized spacial score (nSPS) is 11.2. The highest BCUT2D eigenvalue weighted by Gasteiger charge is 2.17. The Labute approximate surface area is 124 Å². The number of hydrogen-bond donors (Lipinski definition) is 2. The summed E-state index contributed by atoms with van der Waals surface area (Å²) in [6, 6.07) is 11.4. The van der Waals surface area contributed by atoms with Crippen LogP contribution in [0.1, 0.15) is 11.1 Å². The second-order valence-corrected chi connectivity index (χ2v) is 6.23. The van der Waals surface area contributed by atoms with E-state index in [1.807, 2.05) is 6.92 Å². The number of nitrogens with one attached hydrogen (secondary N) is 1. The molecule has 0 unspecified atom stereocenters. The maximum atomic E-state index is 12.4. The summed E-state index contributed by atoms with van der Waals surface area (Å²) in [4.78, 5) is 0.100. The fourth-order valence-corrected chi connectivity index (χ4v) is 3.04. The van der Waals surface area contributed by atoms with Gasteiger partial charge in [-0.1, -0.05) is 18.2 Å². The molecule has 0 heterocycles. The van der Waals surface area contributed by atoms with Gasteiger partial charge in [-0.25, -0.2) is 8.42 Å². The second-order valence-electron chi connectivity index (χ2n) is 4.55. The Morgan fingerprint density at radius 3 is 2.57 bits per heavy atom. The van der Waals surface area contributed by atoms with E-state index in [4.69, 9.17) is 4.74 Å². The lowest BCUT2D eigenvalue weighted by Gasteiger charge is -2.12. The van der Waals surface area contributed by atoms with Crippen LogP contribution in [-0.2, 0) is 16.6 Å². The third-order valence-electron chi connectivity index (χ3n) is 3.15. The fraction of sp³-hybridized carbons (Fsp3) is 0.200. The summed E-state index contributed by atoms with van der Waals surface area (Å²) in [5.74, 6) is 0.440. The fourth-order valence-electron chi connectivity index (χ4n) is 1.92. The number of benzene rings is 2. The van der Waals surface area contributed by atoms with Crippen LogP contribution in [0.25, 0.3) is 0 Å². The first-order chi connectivity index (χ1) is 9.97. The highest BCUT2D eigenvalue weighted by atomic mass is 32.2. The van der Waals surface area contributed by atoms with Gasteiger partial charge in [0.15, 0.2) is 0 Å². The zero-order valence-electron chi connectivity index (χ0n) is 11.8. The molecule has 5 nitrogen and oxygen atoms in total. The summed E-state index contributed by atoms with van der Waals surface area (Å²) >= 11 is 0. The van der Waals surface area contributed by atoms with E-state index in [0.29, 0.717) is 17.0 Å². The van der Waals surface area contributed by atoms with Gasteiger partial charge in [0.25, 0.3) is 10.0 Å². The molecule has 0 aliphatic rings. The summed E-state index contributed by atoms with van der Waals surface area (Å²) in [5, 5.41) is 9.25. The van der Waals surface area contributed by atoms with Gasteiger partial charge in [-0.05, 0) is 42.3 Å². The third kappa shape index (κ3) is 3.34. The highest BCUT2D eigenvalue weighted by Crippen LogP contribution is 2.26. The van der Waals surface area contributed by atoms with E-state index in [2.05, 4.69) is 4.72 Å². The Morgan fingerprint density at radius 2 is 1.90 bits per heavy atom. The van der Waals surface area contributed by atoms with Gasteiger partial charge in [0.2, 0.25) is 0 Å². The van der Waals surface area contributed by atoms with Crippen molar-refractivity contribution in [2.24, 2.45) is 0 Å². The van der Waals surface area contributed by atoms with Crippen LogP contribution < -0.4 is 9.46 Å². The molecule has 0 saturated carbocycles. The lowest BCUT2D eigenvalue weighted by Crippen LogP contribution is -2.14. The van der Waals surface area contributed by atoms with Crippen molar-refractivity contribution in [3.63, 3.8) is 0 Å². The van der Waals surface area contributed by atoms with E-state index in [1.54, 1.807) is 30.3 Å². The molecular formula is C15H17NO4S. The number of methoxy groups -OCH3 is 1. The molecule has 112 valence electrons. The summed E-state index contributed by atoms with van der Waals surface area (Å²) in [7, 11) is -2.26. The number of rotatable bonds is 5. The average Bonchev–Trinajstić information content (AvgIpc) is 2.47. The van der Waals surface area contributed by atoms with E-state index in [9.17, 15) is 13.5 Å². The Bertz CT molecular complexity index is 741. The second kappa shape index (κ2) is 6.15. The number of sulfonamides is 1.